The van der Waals surface area contributed by atoms with Crippen molar-refractivity contribution in [3.8, 4) is 10.6 Å². The smallest absolute Gasteiger partial charge is 0.201 e. The third-order valence-corrected chi connectivity index (χ3v) is 5.43. The van der Waals surface area contributed by atoms with Crippen molar-refractivity contribution in [2.24, 2.45) is 0 Å². The summed E-state index contributed by atoms with van der Waals surface area (Å²) in [5.41, 5.74) is 3.52. The van der Waals surface area contributed by atoms with Gasteiger partial charge in [-0.2, -0.15) is 0 Å². The molecule has 0 saturated carbocycles. The molecule has 1 aliphatic carbocycles. The lowest BCUT2D eigenvalue weighted by Gasteiger charge is -2.18. The average Bonchev–Trinajstić information content (AvgIpc) is 3.06. The quantitative estimate of drug-likeness (QED) is 0.508. The SMILES string of the molecule is C[N+](C)=c1ccc2nc3ccc(N4CCCC4)cc3sc-2c1. The van der Waals surface area contributed by atoms with Crippen LogP contribution in [0.2, 0.25) is 0 Å². The third-order valence-electron chi connectivity index (χ3n) is 4.34. The number of nitrogens with zero attached hydrogens (tertiary/aromatic N) is 3. The molecular formula is C18H20N3S+. The monoisotopic (exact) mass is 310 g/mol. The van der Waals surface area contributed by atoms with Crippen LogP contribution in [0.15, 0.2) is 36.4 Å². The molecule has 0 spiro atoms. The van der Waals surface area contributed by atoms with Gasteiger partial charge >= 0.3 is 0 Å². The first-order chi connectivity index (χ1) is 10.7. The summed E-state index contributed by atoms with van der Waals surface area (Å²) in [6.45, 7) is 2.37. The average molecular weight is 310 g/mol. The summed E-state index contributed by atoms with van der Waals surface area (Å²) in [5, 5.41) is 1.22. The molecule has 1 saturated heterocycles. The molecule has 0 N–H and O–H groups in total. The van der Waals surface area contributed by atoms with E-state index in [2.05, 4.69) is 60.0 Å². The van der Waals surface area contributed by atoms with Gasteiger partial charge in [0.25, 0.3) is 0 Å². The largest absolute Gasteiger partial charge is 0.371 e. The van der Waals surface area contributed by atoms with E-state index in [4.69, 9.17) is 4.98 Å². The van der Waals surface area contributed by atoms with Crippen molar-refractivity contribution in [3.63, 3.8) is 0 Å². The fourth-order valence-electron chi connectivity index (χ4n) is 3.05. The number of rotatable bonds is 1. The van der Waals surface area contributed by atoms with Gasteiger partial charge in [-0.1, -0.05) is 0 Å². The molecule has 0 atom stereocenters. The molecular weight excluding hydrogens is 290 g/mol. The molecule has 22 heavy (non-hydrogen) atoms. The lowest BCUT2D eigenvalue weighted by Crippen LogP contribution is -2.21. The summed E-state index contributed by atoms with van der Waals surface area (Å²) in [6, 6.07) is 13.2. The Kier molecular flexibility index (Phi) is 3.34. The molecule has 2 heterocycles. The van der Waals surface area contributed by atoms with Crippen molar-refractivity contribution in [2.75, 3.05) is 32.1 Å². The van der Waals surface area contributed by atoms with Crippen molar-refractivity contribution in [3.05, 3.63) is 41.8 Å². The van der Waals surface area contributed by atoms with Gasteiger partial charge in [0.2, 0.25) is 5.36 Å². The summed E-state index contributed by atoms with van der Waals surface area (Å²) in [4.78, 5) is 8.55. The first kappa shape index (κ1) is 13.7. The highest BCUT2D eigenvalue weighted by atomic mass is 32.1. The second kappa shape index (κ2) is 5.36. The van der Waals surface area contributed by atoms with E-state index in [0.29, 0.717) is 0 Å². The van der Waals surface area contributed by atoms with Gasteiger partial charge in [0.15, 0.2) is 0 Å². The molecule has 2 aliphatic heterocycles. The summed E-state index contributed by atoms with van der Waals surface area (Å²) >= 11 is 1.84. The lowest BCUT2D eigenvalue weighted by molar-refractivity contribution is 0.814. The molecule has 4 rings (SSSR count). The predicted octanol–water partition coefficient (Wildman–Crippen LogP) is 3.03. The molecule has 3 nitrogen and oxygen atoms in total. The Morgan fingerprint density at radius 2 is 1.86 bits per heavy atom. The predicted molar refractivity (Wildman–Crippen MR) is 94.8 cm³/mol. The van der Waals surface area contributed by atoms with Crippen LogP contribution in [0.5, 0.6) is 0 Å². The van der Waals surface area contributed by atoms with Crippen LogP contribution < -0.4 is 14.8 Å². The van der Waals surface area contributed by atoms with E-state index < -0.39 is 0 Å². The zero-order chi connectivity index (χ0) is 15.1. The number of hydrogen-bond acceptors (Lipinski definition) is 3. The molecule has 112 valence electrons. The highest BCUT2D eigenvalue weighted by molar-refractivity contribution is 7.21. The fraction of sp³-hybridized carbons (Fsp3) is 0.333. The molecule has 3 aliphatic rings. The lowest BCUT2D eigenvalue weighted by atomic mass is 10.2. The van der Waals surface area contributed by atoms with Crippen molar-refractivity contribution < 1.29 is 0 Å². The van der Waals surface area contributed by atoms with Gasteiger partial charge < -0.3 is 4.90 Å². The Morgan fingerprint density at radius 1 is 1.05 bits per heavy atom. The molecule has 0 radical (unpaired) electrons. The van der Waals surface area contributed by atoms with E-state index in [-0.39, 0.29) is 0 Å². The van der Waals surface area contributed by atoms with E-state index in [1.54, 1.807) is 0 Å². The number of fused-ring (bicyclic) bond motifs is 2. The number of aromatic nitrogens is 1. The highest BCUT2D eigenvalue weighted by Crippen LogP contribution is 2.32. The van der Waals surface area contributed by atoms with Crippen LogP contribution in [0, 0.1) is 0 Å². The molecule has 0 bridgehead atoms. The molecule has 0 aromatic heterocycles. The first-order valence-electron chi connectivity index (χ1n) is 7.81. The number of hydrogen-bond donors (Lipinski definition) is 0. The van der Waals surface area contributed by atoms with Crippen molar-refractivity contribution >= 4 is 27.2 Å². The molecule has 1 fully saturated rings. The van der Waals surface area contributed by atoms with Crippen LogP contribution in [0.1, 0.15) is 12.8 Å². The van der Waals surface area contributed by atoms with E-state index >= 15 is 0 Å². The second-order valence-corrected chi connectivity index (χ2v) is 7.19. The molecule has 1 aromatic rings. The van der Waals surface area contributed by atoms with Gasteiger partial charge in [0, 0.05) is 30.9 Å². The Hall–Kier alpha value is -1.94. The maximum atomic E-state index is 4.82. The minimum atomic E-state index is 1.08. The Morgan fingerprint density at radius 3 is 2.64 bits per heavy atom. The zero-order valence-corrected chi connectivity index (χ0v) is 13.9. The minimum Gasteiger partial charge on any atom is -0.371 e. The van der Waals surface area contributed by atoms with E-state index in [9.17, 15) is 0 Å². The Labute approximate surface area is 134 Å². The summed E-state index contributed by atoms with van der Waals surface area (Å²) < 4.78 is 3.41. The van der Waals surface area contributed by atoms with Crippen molar-refractivity contribution in [2.45, 2.75) is 12.8 Å². The van der Waals surface area contributed by atoms with Crippen LogP contribution in [-0.4, -0.2) is 32.2 Å². The van der Waals surface area contributed by atoms with Crippen molar-refractivity contribution in [1.29, 1.82) is 0 Å². The van der Waals surface area contributed by atoms with Gasteiger partial charge in [-0.15, -0.1) is 11.3 Å². The maximum Gasteiger partial charge on any atom is 0.201 e. The minimum absolute atomic E-state index is 1.08. The fourth-order valence-corrected chi connectivity index (χ4v) is 4.09. The van der Waals surface area contributed by atoms with E-state index in [0.717, 1.165) is 11.2 Å². The van der Waals surface area contributed by atoms with Crippen molar-refractivity contribution in [1.82, 2.24) is 9.56 Å². The molecule has 0 unspecified atom stereocenters. The molecule has 4 heteroatoms. The maximum absolute atomic E-state index is 4.82. The van der Waals surface area contributed by atoms with E-state index in [1.165, 1.54) is 46.6 Å². The van der Waals surface area contributed by atoms with Crippen LogP contribution in [0.25, 0.3) is 20.8 Å². The van der Waals surface area contributed by atoms with E-state index in [1.807, 2.05) is 11.3 Å². The van der Waals surface area contributed by atoms with Gasteiger partial charge in [-0.05, 0) is 37.1 Å². The second-order valence-electron chi connectivity index (χ2n) is 6.11. The van der Waals surface area contributed by atoms with Crippen LogP contribution >= 0.6 is 11.3 Å². The van der Waals surface area contributed by atoms with Gasteiger partial charge in [-0.25, -0.2) is 9.56 Å². The summed E-state index contributed by atoms with van der Waals surface area (Å²) in [6.07, 6.45) is 2.62. The number of anilines is 1. The topological polar surface area (TPSA) is 19.1 Å². The normalized spacial score (nSPS) is 14.9. The third kappa shape index (κ3) is 2.37. The van der Waals surface area contributed by atoms with Gasteiger partial charge in [0.05, 0.1) is 20.8 Å². The molecule has 0 amide bonds. The van der Waals surface area contributed by atoms with Crippen LogP contribution in [-0.2, 0) is 0 Å². The standard InChI is InChI=1S/C18H20N3S/c1-20(2)13-5-7-15-17(11-13)22-18-12-14(6-8-16(18)19-15)21-9-3-4-10-21/h5-8,11-12H,3-4,9-10H2,1-2H3/q+1. The zero-order valence-electron chi connectivity index (χ0n) is 13.0. The summed E-state index contributed by atoms with van der Waals surface area (Å²) in [5.74, 6) is 0. The Balaban J connectivity index is 1.90. The summed E-state index contributed by atoms with van der Waals surface area (Å²) in [7, 11) is 4.15. The highest BCUT2D eigenvalue weighted by Gasteiger charge is 2.14. The first-order valence-corrected chi connectivity index (χ1v) is 8.62. The van der Waals surface area contributed by atoms with Gasteiger partial charge in [0.1, 0.15) is 14.1 Å². The Bertz CT molecular complexity index is 871. The molecule has 1 aromatic carbocycles. The number of benzene rings is 2. The van der Waals surface area contributed by atoms with Gasteiger partial charge in [-0.3, -0.25) is 0 Å². The van der Waals surface area contributed by atoms with Crippen LogP contribution in [0.3, 0.4) is 0 Å². The van der Waals surface area contributed by atoms with Crippen LogP contribution in [0.4, 0.5) is 5.69 Å².